The van der Waals surface area contributed by atoms with Crippen molar-refractivity contribution in [3.8, 4) is 5.75 Å². The van der Waals surface area contributed by atoms with Crippen molar-refractivity contribution >= 4 is 10.9 Å². The van der Waals surface area contributed by atoms with Crippen molar-refractivity contribution in [2.75, 3.05) is 0 Å². The lowest BCUT2D eigenvalue weighted by atomic mass is 10.1. The van der Waals surface area contributed by atoms with Gasteiger partial charge in [0, 0.05) is 48.4 Å². The predicted molar refractivity (Wildman–Crippen MR) is 129 cm³/mol. The molecule has 0 atom stereocenters. The summed E-state index contributed by atoms with van der Waals surface area (Å²) >= 11 is 0. The minimum absolute atomic E-state index is 0.245. The number of H-pyrrole nitrogens is 2. The van der Waals surface area contributed by atoms with Crippen LogP contribution in [0, 0.1) is 0 Å². The number of para-hydroxylation sites is 1. The fourth-order valence-corrected chi connectivity index (χ4v) is 4.42. The maximum Gasteiger partial charge on any atom is 0.573 e. The number of hydrogen-bond acceptors (Lipinski definition) is 4. The fraction of sp³-hybridized carbons (Fsp3) is 0.269. The molecule has 2 N–H and O–H groups in total. The van der Waals surface area contributed by atoms with Gasteiger partial charge < -0.3 is 19.3 Å². The Balaban J connectivity index is 1.35. The van der Waals surface area contributed by atoms with E-state index in [1.165, 1.54) is 23.1 Å². The summed E-state index contributed by atoms with van der Waals surface area (Å²) in [5.74, 6) is 1.31. The van der Waals surface area contributed by atoms with Crippen LogP contribution in [0.4, 0.5) is 13.2 Å². The molecule has 5 rings (SSSR count). The van der Waals surface area contributed by atoms with Crippen LogP contribution in [0.1, 0.15) is 34.9 Å². The molecule has 0 fully saturated rings. The molecule has 186 valence electrons. The first-order valence-electron chi connectivity index (χ1n) is 11.7. The van der Waals surface area contributed by atoms with Gasteiger partial charge in [-0.15, -0.1) is 23.4 Å². The molecule has 0 unspecified atom stereocenters. The van der Waals surface area contributed by atoms with Gasteiger partial charge in [0.1, 0.15) is 17.4 Å². The molecule has 7 nitrogen and oxygen atoms in total. The van der Waals surface area contributed by atoms with E-state index in [1.54, 1.807) is 24.7 Å². The van der Waals surface area contributed by atoms with E-state index in [1.807, 2.05) is 24.4 Å². The van der Waals surface area contributed by atoms with Gasteiger partial charge in [-0.25, -0.2) is 4.98 Å². The second kappa shape index (κ2) is 10.3. The van der Waals surface area contributed by atoms with Gasteiger partial charge in [-0.2, -0.15) is 0 Å². The fourth-order valence-electron chi connectivity index (χ4n) is 4.42. The number of ether oxygens (including phenoxy) is 1. The summed E-state index contributed by atoms with van der Waals surface area (Å²) in [6.45, 7) is 0.684. The van der Waals surface area contributed by atoms with Crippen LogP contribution in [0.2, 0.25) is 0 Å². The van der Waals surface area contributed by atoms with E-state index in [0.29, 0.717) is 30.8 Å². The monoisotopic (exact) mass is 494 g/mol. The van der Waals surface area contributed by atoms with Crippen LogP contribution in [0.5, 0.6) is 5.75 Å². The Morgan fingerprint density at radius 1 is 0.917 bits per heavy atom. The molecule has 0 aliphatic rings. The molecule has 3 heterocycles. The third-order valence-electron chi connectivity index (χ3n) is 6.07. The van der Waals surface area contributed by atoms with Crippen LogP contribution >= 0.6 is 0 Å². The van der Waals surface area contributed by atoms with E-state index in [2.05, 4.69) is 40.5 Å². The molecule has 0 saturated carbocycles. The van der Waals surface area contributed by atoms with Crippen LogP contribution < -0.4 is 4.74 Å². The molecule has 5 aromatic rings. The van der Waals surface area contributed by atoms with Crippen molar-refractivity contribution in [3.05, 3.63) is 95.7 Å². The predicted octanol–water partition coefficient (Wildman–Crippen LogP) is 5.39. The summed E-state index contributed by atoms with van der Waals surface area (Å²) < 4.78 is 44.2. The number of imidazole rings is 1. The van der Waals surface area contributed by atoms with E-state index in [0.717, 1.165) is 36.3 Å². The average Bonchev–Trinajstić information content (AvgIpc) is 3.58. The van der Waals surface area contributed by atoms with Crippen molar-refractivity contribution in [2.45, 2.75) is 45.0 Å². The summed E-state index contributed by atoms with van der Waals surface area (Å²) in [6.07, 6.45) is 4.22. The zero-order valence-electron chi connectivity index (χ0n) is 19.4. The van der Waals surface area contributed by atoms with Gasteiger partial charge in [0.25, 0.3) is 0 Å². The largest absolute Gasteiger partial charge is 0.573 e. The molecule has 2 aromatic carbocycles. The molecule has 0 spiro atoms. The number of alkyl halides is 3. The van der Waals surface area contributed by atoms with E-state index >= 15 is 0 Å². The maximum atomic E-state index is 12.7. The van der Waals surface area contributed by atoms with Crippen LogP contribution in [-0.2, 0) is 32.2 Å². The molecule has 0 saturated heterocycles. The van der Waals surface area contributed by atoms with Crippen molar-refractivity contribution in [1.82, 2.24) is 29.7 Å². The van der Waals surface area contributed by atoms with Gasteiger partial charge in [-0.05, 0) is 48.6 Å². The Kier molecular flexibility index (Phi) is 6.75. The summed E-state index contributed by atoms with van der Waals surface area (Å²) in [6, 6.07) is 14.2. The number of nitrogens with zero attached hydrogens (tertiary/aromatic N) is 4. The van der Waals surface area contributed by atoms with E-state index in [-0.39, 0.29) is 5.75 Å². The first kappa shape index (κ1) is 23.7. The minimum Gasteiger partial charge on any atom is -0.406 e. The smallest absolute Gasteiger partial charge is 0.406 e. The topological polar surface area (TPSA) is 84.4 Å². The van der Waals surface area contributed by atoms with Gasteiger partial charge in [-0.3, -0.25) is 0 Å². The second-order valence-electron chi connectivity index (χ2n) is 8.60. The van der Waals surface area contributed by atoms with E-state index in [9.17, 15) is 13.2 Å². The highest BCUT2D eigenvalue weighted by Crippen LogP contribution is 2.25. The molecule has 0 aliphatic heterocycles. The van der Waals surface area contributed by atoms with Crippen molar-refractivity contribution < 1.29 is 17.9 Å². The number of benzene rings is 2. The van der Waals surface area contributed by atoms with Gasteiger partial charge >= 0.3 is 6.36 Å². The standard InChI is InChI=1S/C26H25F3N6O/c27-26(28,29)36-21-7-3-5-18(13-21)14-25-34-33-24(35(25)12-4-6-20-16-30-17-32-20)11-10-19-15-31-23-9-2-1-8-22(19)23/h1-3,5,7-9,13,15-17,31H,4,6,10-12,14H2,(H,30,32). The Labute approximate surface area is 205 Å². The number of rotatable bonds is 10. The Morgan fingerprint density at radius 3 is 2.61 bits per heavy atom. The maximum absolute atomic E-state index is 12.7. The minimum atomic E-state index is -4.74. The molecular weight excluding hydrogens is 469 g/mol. The van der Waals surface area contributed by atoms with Gasteiger partial charge in [-0.1, -0.05) is 30.3 Å². The third-order valence-corrected chi connectivity index (χ3v) is 6.07. The highest BCUT2D eigenvalue weighted by molar-refractivity contribution is 5.83. The zero-order valence-corrected chi connectivity index (χ0v) is 19.4. The number of nitrogens with one attached hydrogen (secondary N) is 2. The van der Waals surface area contributed by atoms with Crippen LogP contribution in [0.3, 0.4) is 0 Å². The average molecular weight is 495 g/mol. The molecular formula is C26H25F3N6O. The van der Waals surface area contributed by atoms with Crippen molar-refractivity contribution in [3.63, 3.8) is 0 Å². The third kappa shape index (κ3) is 5.76. The number of aromatic amines is 2. The molecule has 0 bridgehead atoms. The lowest BCUT2D eigenvalue weighted by Gasteiger charge is -2.12. The molecule has 0 aliphatic carbocycles. The second-order valence-corrected chi connectivity index (χ2v) is 8.60. The van der Waals surface area contributed by atoms with E-state index < -0.39 is 6.36 Å². The van der Waals surface area contributed by atoms with Gasteiger partial charge in [0.15, 0.2) is 0 Å². The Bertz CT molecular complexity index is 1420. The summed E-state index contributed by atoms with van der Waals surface area (Å²) in [5, 5.41) is 10.1. The number of halogens is 3. The van der Waals surface area contributed by atoms with E-state index in [4.69, 9.17) is 0 Å². The number of hydrogen-bond donors (Lipinski definition) is 2. The molecule has 0 amide bonds. The summed E-state index contributed by atoms with van der Waals surface area (Å²) in [7, 11) is 0. The quantitative estimate of drug-likeness (QED) is 0.273. The van der Waals surface area contributed by atoms with Gasteiger partial charge in [0.2, 0.25) is 0 Å². The van der Waals surface area contributed by atoms with Crippen LogP contribution in [0.15, 0.2) is 67.3 Å². The highest BCUT2D eigenvalue weighted by atomic mass is 19.4. The molecule has 3 aromatic heterocycles. The van der Waals surface area contributed by atoms with Crippen LogP contribution in [0.25, 0.3) is 10.9 Å². The molecule has 10 heteroatoms. The first-order valence-corrected chi connectivity index (χ1v) is 11.7. The van der Waals surface area contributed by atoms with Crippen molar-refractivity contribution in [1.29, 1.82) is 0 Å². The van der Waals surface area contributed by atoms with Crippen molar-refractivity contribution in [2.24, 2.45) is 0 Å². The molecule has 0 radical (unpaired) electrons. The summed E-state index contributed by atoms with van der Waals surface area (Å²) in [5.41, 5.74) is 4.01. The Hall–Kier alpha value is -4.08. The molecule has 36 heavy (non-hydrogen) atoms. The highest BCUT2D eigenvalue weighted by Gasteiger charge is 2.31. The normalized spacial score (nSPS) is 11.9. The number of fused-ring (bicyclic) bond motifs is 1. The first-order chi connectivity index (χ1) is 17.4. The number of aryl methyl sites for hydroxylation is 3. The zero-order chi connectivity index (χ0) is 25.0. The van der Waals surface area contributed by atoms with Gasteiger partial charge in [0.05, 0.1) is 6.33 Å². The lowest BCUT2D eigenvalue weighted by Crippen LogP contribution is -2.17. The number of aromatic nitrogens is 6. The Morgan fingerprint density at radius 2 is 1.78 bits per heavy atom. The summed E-state index contributed by atoms with van der Waals surface area (Å²) in [4.78, 5) is 10.5. The lowest BCUT2D eigenvalue weighted by molar-refractivity contribution is -0.274. The van der Waals surface area contributed by atoms with Crippen LogP contribution in [-0.4, -0.2) is 36.1 Å². The SMILES string of the molecule is FC(F)(F)Oc1cccc(Cc2nnc(CCc3c[nH]c4ccccc34)n2CCCc2cnc[nH]2)c1.